The Morgan fingerprint density at radius 3 is 2.96 bits per heavy atom. The van der Waals surface area contributed by atoms with Crippen molar-refractivity contribution < 1.29 is 14.1 Å². The second kappa shape index (κ2) is 6.40. The highest BCUT2D eigenvalue weighted by atomic mass is 16.5. The third-order valence-corrected chi connectivity index (χ3v) is 4.07. The molecule has 1 amide bonds. The maximum Gasteiger partial charge on any atom is 0.249 e. The fraction of sp³-hybridized carbons (Fsp3) is 0.471. The normalized spacial score (nSPS) is 18.0. The lowest BCUT2D eigenvalue weighted by molar-refractivity contribution is -0.130. The van der Waals surface area contributed by atoms with E-state index in [0.29, 0.717) is 31.1 Å². The Balaban J connectivity index is 1.81. The van der Waals surface area contributed by atoms with E-state index < -0.39 is 0 Å². The van der Waals surface area contributed by atoms with Crippen molar-refractivity contribution >= 4 is 5.91 Å². The van der Waals surface area contributed by atoms with Gasteiger partial charge in [0.15, 0.2) is 5.82 Å². The smallest absolute Gasteiger partial charge is 0.249 e. The summed E-state index contributed by atoms with van der Waals surface area (Å²) in [7, 11) is 1.63. The molecule has 0 aliphatic carbocycles. The molecule has 1 aliphatic heterocycles. The summed E-state index contributed by atoms with van der Waals surface area (Å²) >= 11 is 0. The molecule has 1 unspecified atom stereocenters. The van der Waals surface area contributed by atoms with Crippen molar-refractivity contribution in [2.45, 2.75) is 45.2 Å². The van der Waals surface area contributed by atoms with Crippen LogP contribution in [0.5, 0.6) is 5.75 Å². The lowest BCUT2D eigenvalue weighted by Gasteiger charge is -2.22. The van der Waals surface area contributed by atoms with Crippen LogP contribution in [0, 0.1) is 0 Å². The number of carbonyl (C=O) groups is 1. The van der Waals surface area contributed by atoms with E-state index in [-0.39, 0.29) is 17.9 Å². The first kappa shape index (κ1) is 15.5. The highest BCUT2D eigenvalue weighted by molar-refractivity contribution is 5.78. The Hall–Kier alpha value is -2.37. The van der Waals surface area contributed by atoms with Crippen LogP contribution in [-0.4, -0.2) is 28.1 Å². The van der Waals surface area contributed by atoms with Crippen LogP contribution in [0.1, 0.15) is 55.9 Å². The zero-order chi connectivity index (χ0) is 16.4. The number of rotatable bonds is 5. The second-order valence-corrected chi connectivity index (χ2v) is 6.07. The van der Waals surface area contributed by atoms with Crippen LogP contribution >= 0.6 is 0 Å². The van der Waals surface area contributed by atoms with Crippen molar-refractivity contribution in [2.24, 2.45) is 0 Å². The first-order valence-electron chi connectivity index (χ1n) is 7.84. The lowest BCUT2D eigenvalue weighted by atomic mass is 10.1. The summed E-state index contributed by atoms with van der Waals surface area (Å²) in [6.45, 7) is 4.55. The van der Waals surface area contributed by atoms with Gasteiger partial charge in [-0.15, -0.1) is 0 Å². The van der Waals surface area contributed by atoms with Gasteiger partial charge in [-0.3, -0.25) is 4.79 Å². The van der Waals surface area contributed by atoms with Gasteiger partial charge in [0.2, 0.25) is 11.8 Å². The van der Waals surface area contributed by atoms with Crippen LogP contribution in [0.4, 0.5) is 0 Å². The summed E-state index contributed by atoms with van der Waals surface area (Å²) in [5, 5.41) is 4.01. The molecule has 0 spiro atoms. The van der Waals surface area contributed by atoms with Crippen molar-refractivity contribution in [1.29, 1.82) is 0 Å². The molecule has 1 aromatic heterocycles. The Bertz CT molecular complexity index is 696. The molecule has 1 fully saturated rings. The third kappa shape index (κ3) is 3.21. The molecule has 0 bridgehead atoms. The van der Waals surface area contributed by atoms with Gasteiger partial charge in [0.05, 0.1) is 7.11 Å². The van der Waals surface area contributed by atoms with Crippen LogP contribution < -0.4 is 4.74 Å². The molecule has 0 radical (unpaired) electrons. The number of amides is 1. The topological polar surface area (TPSA) is 68.5 Å². The molecule has 2 heterocycles. The van der Waals surface area contributed by atoms with E-state index in [2.05, 4.69) is 10.1 Å². The van der Waals surface area contributed by atoms with Crippen molar-refractivity contribution in [2.75, 3.05) is 7.11 Å². The summed E-state index contributed by atoms with van der Waals surface area (Å²) in [6, 6.07) is 7.59. The van der Waals surface area contributed by atoms with E-state index in [1.165, 1.54) is 0 Å². The zero-order valence-corrected chi connectivity index (χ0v) is 13.7. The number of hydrogen-bond donors (Lipinski definition) is 0. The second-order valence-electron chi connectivity index (χ2n) is 6.07. The van der Waals surface area contributed by atoms with Crippen molar-refractivity contribution in [1.82, 2.24) is 15.0 Å². The number of methoxy groups -OCH3 is 1. The average Bonchev–Trinajstić information content (AvgIpc) is 3.16. The van der Waals surface area contributed by atoms with E-state index in [1.54, 1.807) is 7.11 Å². The van der Waals surface area contributed by atoms with Crippen LogP contribution in [0.25, 0.3) is 0 Å². The number of likely N-dealkylation sites (tertiary alicyclic amines) is 1. The van der Waals surface area contributed by atoms with E-state index in [4.69, 9.17) is 9.26 Å². The molecule has 3 rings (SSSR count). The molecule has 0 N–H and O–H groups in total. The Morgan fingerprint density at radius 2 is 2.26 bits per heavy atom. The molecule has 1 aliphatic rings. The van der Waals surface area contributed by atoms with Gasteiger partial charge in [0.1, 0.15) is 11.8 Å². The highest BCUT2D eigenvalue weighted by Gasteiger charge is 2.36. The third-order valence-electron chi connectivity index (χ3n) is 4.07. The van der Waals surface area contributed by atoms with E-state index >= 15 is 0 Å². The Kier molecular flexibility index (Phi) is 4.32. The summed E-state index contributed by atoms with van der Waals surface area (Å²) in [6.07, 6.45) is 1.22. The molecular formula is C17H21N3O3. The molecule has 23 heavy (non-hydrogen) atoms. The van der Waals surface area contributed by atoms with E-state index in [0.717, 1.165) is 11.3 Å². The van der Waals surface area contributed by atoms with Crippen LogP contribution in [-0.2, 0) is 11.3 Å². The Morgan fingerprint density at radius 1 is 1.43 bits per heavy atom. The molecule has 2 aromatic rings. The number of carbonyl (C=O) groups excluding carboxylic acids is 1. The van der Waals surface area contributed by atoms with Gasteiger partial charge in [-0.25, -0.2) is 0 Å². The molecule has 1 saturated heterocycles. The number of nitrogens with zero attached hydrogens (tertiary/aromatic N) is 3. The predicted molar refractivity (Wildman–Crippen MR) is 83.9 cm³/mol. The van der Waals surface area contributed by atoms with E-state index in [9.17, 15) is 4.79 Å². The minimum absolute atomic E-state index is 0.113. The Labute approximate surface area is 135 Å². The van der Waals surface area contributed by atoms with Crippen molar-refractivity contribution in [3.8, 4) is 5.75 Å². The summed E-state index contributed by atoms with van der Waals surface area (Å²) in [5.74, 6) is 2.31. The van der Waals surface area contributed by atoms with Gasteiger partial charge < -0.3 is 14.2 Å². The molecule has 1 atom stereocenters. The molecule has 0 saturated carbocycles. The van der Waals surface area contributed by atoms with Gasteiger partial charge in [0, 0.05) is 18.9 Å². The van der Waals surface area contributed by atoms with E-state index in [1.807, 2.05) is 43.0 Å². The van der Waals surface area contributed by atoms with Gasteiger partial charge >= 0.3 is 0 Å². The molecule has 6 nitrogen and oxygen atoms in total. The molecule has 6 heteroatoms. The monoisotopic (exact) mass is 315 g/mol. The van der Waals surface area contributed by atoms with Gasteiger partial charge in [0.25, 0.3) is 0 Å². The number of benzene rings is 1. The fourth-order valence-corrected chi connectivity index (χ4v) is 2.77. The standard InChI is InChI=1S/C17H21N3O3/c1-11(2)16-18-17(23-19-16)14-7-8-15(21)20(14)10-12-5-4-6-13(9-12)22-3/h4-6,9,11,14H,7-8,10H2,1-3H3. The van der Waals surface area contributed by atoms with Crippen LogP contribution in [0.2, 0.25) is 0 Å². The average molecular weight is 315 g/mol. The first-order valence-corrected chi connectivity index (χ1v) is 7.84. The van der Waals surface area contributed by atoms with Gasteiger partial charge in [-0.1, -0.05) is 31.1 Å². The predicted octanol–water partition coefficient (Wildman–Crippen LogP) is 3.07. The van der Waals surface area contributed by atoms with Gasteiger partial charge in [-0.2, -0.15) is 4.98 Å². The lowest BCUT2D eigenvalue weighted by Crippen LogP contribution is -2.27. The number of ether oxygens (including phenoxy) is 1. The largest absolute Gasteiger partial charge is 0.497 e. The number of aromatic nitrogens is 2. The fourth-order valence-electron chi connectivity index (χ4n) is 2.77. The first-order chi connectivity index (χ1) is 11.1. The minimum atomic E-state index is -0.145. The van der Waals surface area contributed by atoms with Crippen LogP contribution in [0.3, 0.4) is 0 Å². The maximum absolute atomic E-state index is 12.3. The SMILES string of the molecule is COc1cccc(CN2C(=O)CCC2c2nc(C(C)C)no2)c1. The summed E-state index contributed by atoms with van der Waals surface area (Å²) in [5.41, 5.74) is 1.02. The molecule has 122 valence electrons. The number of hydrogen-bond acceptors (Lipinski definition) is 5. The summed E-state index contributed by atoms with van der Waals surface area (Å²) < 4.78 is 10.6. The molecule has 1 aromatic carbocycles. The zero-order valence-electron chi connectivity index (χ0n) is 13.7. The van der Waals surface area contributed by atoms with Crippen molar-refractivity contribution in [3.63, 3.8) is 0 Å². The maximum atomic E-state index is 12.3. The van der Waals surface area contributed by atoms with Crippen LogP contribution in [0.15, 0.2) is 28.8 Å². The van der Waals surface area contributed by atoms with Crippen molar-refractivity contribution in [3.05, 3.63) is 41.5 Å². The van der Waals surface area contributed by atoms with Gasteiger partial charge in [-0.05, 0) is 24.1 Å². The highest BCUT2D eigenvalue weighted by Crippen LogP contribution is 2.34. The quantitative estimate of drug-likeness (QED) is 0.848. The summed E-state index contributed by atoms with van der Waals surface area (Å²) in [4.78, 5) is 18.5. The minimum Gasteiger partial charge on any atom is -0.497 e. The molecular weight excluding hydrogens is 294 g/mol.